The Morgan fingerprint density at radius 1 is 1.06 bits per heavy atom. The molecule has 0 aliphatic heterocycles. The van der Waals surface area contributed by atoms with Crippen molar-refractivity contribution in [3.05, 3.63) is 86.4 Å². The maximum absolute atomic E-state index is 14.7. The van der Waals surface area contributed by atoms with Gasteiger partial charge in [-0.1, -0.05) is 44.3 Å². The quantitative estimate of drug-likeness (QED) is 0.344. The maximum atomic E-state index is 14.7. The molecule has 7 nitrogen and oxygen atoms in total. The fraction of sp³-hybridized carbons (Fsp3) is 0.150. The molecule has 1 heterocycles. The third-order valence-corrected chi connectivity index (χ3v) is 4.17. The highest BCUT2D eigenvalue weighted by atomic mass is 32.1. The smallest absolute Gasteiger partial charge is 0.433 e. The Hall–Kier alpha value is -3.67. The van der Waals surface area contributed by atoms with Crippen LogP contribution in [-0.4, -0.2) is 14.2 Å². The van der Waals surface area contributed by atoms with E-state index in [1.54, 1.807) is 30.3 Å². The van der Waals surface area contributed by atoms with E-state index >= 15 is 0 Å². The number of hydrogen-bond donors (Lipinski definition) is 2. The third-order valence-electron chi connectivity index (χ3n) is 3.95. The lowest BCUT2D eigenvalue weighted by molar-refractivity contribution is -0.143. The van der Waals surface area contributed by atoms with Gasteiger partial charge >= 0.3 is 11.9 Å². The molecule has 2 aromatic carbocycles. The van der Waals surface area contributed by atoms with Crippen LogP contribution in [0.2, 0.25) is 0 Å². The van der Waals surface area contributed by atoms with Gasteiger partial charge in [0, 0.05) is 12.1 Å². The van der Waals surface area contributed by atoms with E-state index < -0.39 is 34.6 Å². The van der Waals surface area contributed by atoms with E-state index in [-0.39, 0.29) is 31.6 Å². The molecule has 0 radical (unpaired) electrons. The van der Waals surface area contributed by atoms with Crippen LogP contribution in [0.1, 0.15) is 25.1 Å². The van der Waals surface area contributed by atoms with Crippen molar-refractivity contribution in [3.63, 3.8) is 0 Å². The first-order valence-corrected chi connectivity index (χ1v) is 9.49. The van der Waals surface area contributed by atoms with Crippen LogP contribution >= 0.6 is 12.2 Å². The Balaban J connectivity index is 0.00000176. The lowest BCUT2D eigenvalue weighted by Gasteiger charge is -2.16. The van der Waals surface area contributed by atoms with Gasteiger partial charge in [0.2, 0.25) is 0 Å². The lowest BCUT2D eigenvalue weighted by Crippen LogP contribution is -2.45. The minimum absolute atomic E-state index is 0.0527. The summed E-state index contributed by atoms with van der Waals surface area (Å²) in [6.45, 7) is 4.00. The Morgan fingerprint density at radius 3 is 2.19 bits per heavy atom. The number of nitrogens with zero attached hydrogens (tertiary/aromatic N) is 2. The summed E-state index contributed by atoms with van der Waals surface area (Å²) in [5.74, 6) is 4.21. The molecular formula is C20H18F4N4O3S. The molecule has 12 heteroatoms. The molecule has 0 bridgehead atoms. The zero-order valence-corrected chi connectivity index (χ0v) is 17.6. The van der Waals surface area contributed by atoms with Crippen molar-refractivity contribution >= 4 is 17.2 Å². The van der Waals surface area contributed by atoms with Crippen LogP contribution in [0.5, 0.6) is 11.5 Å². The third kappa shape index (κ3) is 4.97. The highest BCUT2D eigenvalue weighted by Gasteiger charge is 2.36. The van der Waals surface area contributed by atoms with Gasteiger partial charge in [-0.05, 0) is 18.2 Å². The Bertz CT molecular complexity index is 1250. The summed E-state index contributed by atoms with van der Waals surface area (Å²) in [5.41, 5.74) is 0.102. The maximum Gasteiger partial charge on any atom is 0.433 e. The molecule has 0 amide bonds. The SMILES string of the molecule is CC.NC(=S)c1cc(F)c(-n2c(=O)cc(C(F)(F)F)n(N)c2=O)cc1Oc1ccccc1. The van der Waals surface area contributed by atoms with E-state index in [1.165, 1.54) is 0 Å². The Morgan fingerprint density at radius 2 is 1.66 bits per heavy atom. The summed E-state index contributed by atoms with van der Waals surface area (Å²) in [5, 5.41) is 0. The second-order valence-corrected chi connectivity index (χ2v) is 6.37. The molecule has 1 aromatic heterocycles. The standard InChI is InChI=1S/C18H12F4N4O3S.C2H6/c19-11-6-10(16(23)30)13(29-9-4-2-1-3-5-9)7-12(11)25-15(27)8-14(18(20,21)22)26(24)17(25)28;1-2/h1-8H,24H2,(H2,23,30);1-2H3. The molecule has 170 valence electrons. The molecular weight excluding hydrogens is 452 g/mol. The van der Waals surface area contributed by atoms with E-state index in [4.69, 9.17) is 28.5 Å². The lowest BCUT2D eigenvalue weighted by atomic mass is 10.1. The number of nitrogen functional groups attached to an aromatic ring is 1. The van der Waals surface area contributed by atoms with Gasteiger partial charge in [-0.15, -0.1) is 0 Å². The summed E-state index contributed by atoms with van der Waals surface area (Å²) in [6.07, 6.45) is -5.07. The second-order valence-electron chi connectivity index (χ2n) is 5.93. The fourth-order valence-electron chi connectivity index (χ4n) is 2.60. The first-order valence-electron chi connectivity index (χ1n) is 9.08. The summed E-state index contributed by atoms with van der Waals surface area (Å²) in [7, 11) is 0. The number of halogens is 4. The van der Waals surface area contributed by atoms with Crippen molar-refractivity contribution in [1.82, 2.24) is 9.24 Å². The number of nitrogens with two attached hydrogens (primary N) is 2. The number of ether oxygens (including phenoxy) is 1. The molecule has 4 N–H and O–H groups in total. The summed E-state index contributed by atoms with van der Waals surface area (Å²) in [6, 6.07) is 9.94. The molecule has 0 saturated carbocycles. The topological polar surface area (TPSA) is 105 Å². The molecule has 0 atom stereocenters. The summed E-state index contributed by atoms with van der Waals surface area (Å²) < 4.78 is 59.0. The average Bonchev–Trinajstić information content (AvgIpc) is 2.74. The number of hydrogen-bond acceptors (Lipinski definition) is 5. The molecule has 3 aromatic rings. The van der Waals surface area contributed by atoms with E-state index in [0.717, 1.165) is 12.1 Å². The van der Waals surface area contributed by atoms with Crippen molar-refractivity contribution in [2.75, 3.05) is 5.84 Å². The van der Waals surface area contributed by atoms with Gasteiger partial charge in [0.1, 0.15) is 22.3 Å². The van der Waals surface area contributed by atoms with Crippen LogP contribution < -0.4 is 27.6 Å². The van der Waals surface area contributed by atoms with Crippen molar-refractivity contribution in [3.8, 4) is 17.2 Å². The van der Waals surface area contributed by atoms with Gasteiger partial charge < -0.3 is 16.3 Å². The Kier molecular flexibility index (Phi) is 7.41. The summed E-state index contributed by atoms with van der Waals surface area (Å²) >= 11 is 4.87. The van der Waals surface area contributed by atoms with Crippen molar-refractivity contribution in [2.45, 2.75) is 20.0 Å². The summed E-state index contributed by atoms with van der Waals surface area (Å²) in [4.78, 5) is 24.3. The van der Waals surface area contributed by atoms with Crippen LogP contribution in [0.3, 0.4) is 0 Å². The number of benzene rings is 2. The van der Waals surface area contributed by atoms with Crippen LogP contribution in [0.25, 0.3) is 5.69 Å². The second kappa shape index (κ2) is 9.64. The van der Waals surface area contributed by atoms with E-state index in [0.29, 0.717) is 5.75 Å². The number of thiocarbonyl (C=S) groups is 1. The van der Waals surface area contributed by atoms with E-state index in [9.17, 15) is 27.2 Å². The molecule has 0 aliphatic carbocycles. The van der Waals surface area contributed by atoms with Crippen molar-refractivity contribution < 1.29 is 22.3 Å². The van der Waals surface area contributed by atoms with Gasteiger partial charge in [0.05, 0.1) is 11.3 Å². The van der Waals surface area contributed by atoms with Gasteiger partial charge in [-0.25, -0.2) is 18.4 Å². The normalized spacial score (nSPS) is 10.8. The highest BCUT2D eigenvalue weighted by Crippen LogP contribution is 2.30. The van der Waals surface area contributed by atoms with Gasteiger partial charge in [0.15, 0.2) is 5.69 Å². The molecule has 3 rings (SSSR count). The fourth-order valence-corrected chi connectivity index (χ4v) is 2.76. The predicted molar refractivity (Wildman–Crippen MR) is 115 cm³/mol. The molecule has 0 spiro atoms. The zero-order valence-electron chi connectivity index (χ0n) is 16.8. The minimum atomic E-state index is -5.07. The Labute approximate surface area is 184 Å². The molecule has 0 aliphatic rings. The predicted octanol–water partition coefficient (Wildman–Crippen LogP) is 3.32. The van der Waals surface area contributed by atoms with Crippen LogP contribution in [0.15, 0.2) is 58.1 Å². The average molecular weight is 470 g/mol. The molecule has 0 saturated heterocycles. The van der Waals surface area contributed by atoms with Gasteiger partial charge in [0.25, 0.3) is 5.56 Å². The monoisotopic (exact) mass is 470 g/mol. The number of alkyl halides is 3. The number of rotatable bonds is 4. The molecule has 0 fully saturated rings. The van der Waals surface area contributed by atoms with Crippen LogP contribution in [0, 0.1) is 5.82 Å². The van der Waals surface area contributed by atoms with Gasteiger partial charge in [-0.3, -0.25) is 4.79 Å². The molecule has 0 unspecified atom stereocenters. The molecule has 32 heavy (non-hydrogen) atoms. The van der Waals surface area contributed by atoms with Crippen LogP contribution in [0.4, 0.5) is 17.6 Å². The van der Waals surface area contributed by atoms with Crippen LogP contribution in [-0.2, 0) is 6.18 Å². The van der Waals surface area contributed by atoms with Crippen molar-refractivity contribution in [2.24, 2.45) is 5.73 Å². The first-order chi connectivity index (χ1) is 15.0. The number of para-hydroxylation sites is 1. The van der Waals surface area contributed by atoms with Gasteiger partial charge in [-0.2, -0.15) is 13.2 Å². The largest absolute Gasteiger partial charge is 0.457 e. The minimum Gasteiger partial charge on any atom is -0.457 e. The van der Waals surface area contributed by atoms with Crippen molar-refractivity contribution in [1.29, 1.82) is 0 Å². The zero-order chi connectivity index (χ0) is 24.2. The highest BCUT2D eigenvalue weighted by molar-refractivity contribution is 7.80. The van der Waals surface area contributed by atoms with E-state index in [1.807, 2.05) is 13.8 Å². The number of aromatic nitrogens is 2. The van der Waals surface area contributed by atoms with E-state index in [2.05, 4.69) is 0 Å². The first kappa shape index (κ1) is 24.6.